The fraction of sp³-hybridized carbons (Fsp3) is 0.480. The van der Waals surface area contributed by atoms with Crippen molar-refractivity contribution < 1.29 is 14.6 Å². The SMILES string of the molecule is COc1ccc2ncc(Cl)c(C(N)CCC3CCN(CCSc4nccs4)CC3CC(=O)O)c2c1. The maximum Gasteiger partial charge on any atom is 0.303 e. The van der Waals surface area contributed by atoms with Crippen molar-refractivity contribution in [2.24, 2.45) is 17.6 Å². The number of pyridine rings is 1. The number of rotatable bonds is 11. The first-order valence-corrected chi connectivity index (χ1v) is 14.0. The number of nitrogens with zero attached hydrogens (tertiary/aromatic N) is 3. The third-order valence-electron chi connectivity index (χ3n) is 6.74. The minimum Gasteiger partial charge on any atom is -0.497 e. The summed E-state index contributed by atoms with van der Waals surface area (Å²) in [6.45, 7) is 2.72. The molecular weight excluding hydrogens is 504 g/mol. The van der Waals surface area contributed by atoms with Gasteiger partial charge in [-0.05, 0) is 61.4 Å². The summed E-state index contributed by atoms with van der Waals surface area (Å²) in [4.78, 5) is 22.7. The van der Waals surface area contributed by atoms with Crippen LogP contribution in [0.5, 0.6) is 5.75 Å². The number of piperidine rings is 1. The van der Waals surface area contributed by atoms with Crippen LogP contribution in [0.15, 0.2) is 40.3 Å². The van der Waals surface area contributed by atoms with Crippen molar-refractivity contribution in [3.8, 4) is 5.75 Å². The molecule has 1 fully saturated rings. The molecule has 1 aliphatic rings. The van der Waals surface area contributed by atoms with Crippen LogP contribution in [-0.2, 0) is 4.79 Å². The molecule has 188 valence electrons. The minimum absolute atomic E-state index is 0.114. The zero-order valence-corrected chi connectivity index (χ0v) is 22.1. The number of carbonyl (C=O) groups is 1. The maximum atomic E-state index is 11.6. The largest absolute Gasteiger partial charge is 0.497 e. The summed E-state index contributed by atoms with van der Waals surface area (Å²) in [7, 11) is 1.63. The van der Waals surface area contributed by atoms with Crippen LogP contribution in [0.1, 0.15) is 37.3 Å². The van der Waals surface area contributed by atoms with E-state index in [0.29, 0.717) is 10.9 Å². The van der Waals surface area contributed by atoms with Crippen molar-refractivity contribution in [2.45, 2.75) is 36.1 Å². The van der Waals surface area contributed by atoms with Crippen LogP contribution < -0.4 is 10.5 Å². The Labute approximate surface area is 219 Å². The molecule has 3 N–H and O–H groups in total. The molecule has 3 aromatic rings. The minimum atomic E-state index is -0.737. The number of halogens is 1. The number of likely N-dealkylation sites (tertiary alicyclic amines) is 1. The van der Waals surface area contributed by atoms with E-state index in [1.165, 1.54) is 0 Å². The normalized spacial score (nSPS) is 19.6. The van der Waals surface area contributed by atoms with Crippen molar-refractivity contribution in [3.63, 3.8) is 0 Å². The number of carboxylic acid groups (broad SMARTS) is 1. The van der Waals surface area contributed by atoms with Gasteiger partial charge in [0, 0.05) is 54.5 Å². The fourth-order valence-electron chi connectivity index (χ4n) is 4.95. The van der Waals surface area contributed by atoms with E-state index in [0.717, 1.165) is 71.2 Å². The summed E-state index contributed by atoms with van der Waals surface area (Å²) in [6.07, 6.45) is 6.24. The van der Waals surface area contributed by atoms with Gasteiger partial charge in [-0.2, -0.15) is 0 Å². The first-order valence-electron chi connectivity index (χ1n) is 11.8. The van der Waals surface area contributed by atoms with Gasteiger partial charge in [0.15, 0.2) is 0 Å². The number of nitrogens with two attached hydrogens (primary N) is 1. The number of benzene rings is 1. The van der Waals surface area contributed by atoms with Gasteiger partial charge in [-0.1, -0.05) is 23.4 Å². The van der Waals surface area contributed by atoms with Crippen molar-refractivity contribution in [3.05, 3.63) is 46.6 Å². The van der Waals surface area contributed by atoms with Gasteiger partial charge >= 0.3 is 5.97 Å². The van der Waals surface area contributed by atoms with Gasteiger partial charge in [0.05, 0.1) is 17.6 Å². The Balaban J connectivity index is 1.39. The van der Waals surface area contributed by atoms with Gasteiger partial charge in [0.2, 0.25) is 0 Å². The summed E-state index contributed by atoms with van der Waals surface area (Å²) in [6, 6.07) is 5.45. The van der Waals surface area contributed by atoms with Crippen molar-refractivity contribution in [1.82, 2.24) is 14.9 Å². The number of carboxylic acids is 1. The molecule has 1 aromatic carbocycles. The second kappa shape index (κ2) is 12.4. The lowest BCUT2D eigenvalue weighted by atomic mass is 9.79. The van der Waals surface area contributed by atoms with E-state index >= 15 is 0 Å². The summed E-state index contributed by atoms with van der Waals surface area (Å²) < 4.78 is 6.47. The molecule has 4 rings (SSSR count). The molecule has 3 atom stereocenters. The number of ether oxygens (including phenoxy) is 1. The Morgan fingerprint density at radius 3 is 3.00 bits per heavy atom. The molecule has 0 radical (unpaired) electrons. The smallest absolute Gasteiger partial charge is 0.303 e. The Bertz CT molecular complexity index is 1130. The summed E-state index contributed by atoms with van der Waals surface area (Å²) in [5.74, 6) is 1.39. The molecule has 1 saturated heterocycles. The second-order valence-corrected chi connectivity index (χ2v) is 11.6. The Hall–Kier alpha value is -1.91. The zero-order valence-electron chi connectivity index (χ0n) is 19.7. The first kappa shape index (κ1) is 26.2. The molecule has 2 aromatic heterocycles. The molecule has 0 saturated carbocycles. The third-order valence-corrected chi connectivity index (χ3v) is 8.99. The molecular formula is C25H31ClN4O3S2. The quantitative estimate of drug-likeness (QED) is 0.318. The molecule has 0 amide bonds. The Morgan fingerprint density at radius 2 is 2.26 bits per heavy atom. The summed E-state index contributed by atoms with van der Waals surface area (Å²) >= 11 is 9.96. The molecule has 35 heavy (non-hydrogen) atoms. The lowest BCUT2D eigenvalue weighted by molar-refractivity contribution is -0.139. The van der Waals surface area contributed by atoms with Gasteiger partial charge in [-0.15, -0.1) is 11.3 Å². The van der Waals surface area contributed by atoms with Crippen LogP contribution >= 0.6 is 34.7 Å². The Morgan fingerprint density at radius 1 is 1.40 bits per heavy atom. The van der Waals surface area contributed by atoms with Crippen LogP contribution in [-0.4, -0.2) is 58.4 Å². The molecule has 7 nitrogen and oxygen atoms in total. The van der Waals surface area contributed by atoms with Crippen LogP contribution in [0.4, 0.5) is 0 Å². The first-order chi connectivity index (χ1) is 16.9. The van der Waals surface area contributed by atoms with Crippen molar-refractivity contribution >= 4 is 51.6 Å². The van der Waals surface area contributed by atoms with E-state index in [4.69, 9.17) is 22.1 Å². The van der Waals surface area contributed by atoms with Crippen LogP contribution in [0.2, 0.25) is 5.02 Å². The van der Waals surface area contributed by atoms with Gasteiger partial charge in [0.25, 0.3) is 0 Å². The average molecular weight is 535 g/mol. The van der Waals surface area contributed by atoms with E-state index in [9.17, 15) is 9.90 Å². The van der Waals surface area contributed by atoms with Crippen LogP contribution in [0.3, 0.4) is 0 Å². The number of hydrogen-bond acceptors (Lipinski definition) is 8. The highest BCUT2D eigenvalue weighted by Gasteiger charge is 2.31. The molecule has 0 bridgehead atoms. The summed E-state index contributed by atoms with van der Waals surface area (Å²) in [5, 5.41) is 13.0. The number of aliphatic carboxylic acids is 1. The molecule has 3 heterocycles. The number of thioether (sulfide) groups is 1. The van der Waals surface area contributed by atoms with E-state index in [1.54, 1.807) is 36.4 Å². The zero-order chi connectivity index (χ0) is 24.8. The molecule has 3 unspecified atom stereocenters. The van der Waals surface area contributed by atoms with Gasteiger partial charge < -0.3 is 20.5 Å². The lowest BCUT2D eigenvalue weighted by Gasteiger charge is -2.38. The fourth-order valence-corrected chi connectivity index (χ4v) is 6.95. The highest BCUT2D eigenvalue weighted by molar-refractivity contribution is 8.01. The number of hydrogen-bond donors (Lipinski definition) is 2. The number of thiazole rings is 1. The van der Waals surface area contributed by atoms with Crippen molar-refractivity contribution in [2.75, 3.05) is 32.5 Å². The van der Waals surface area contributed by atoms with Gasteiger partial charge in [-0.3, -0.25) is 9.78 Å². The average Bonchev–Trinajstić information content (AvgIpc) is 3.36. The monoisotopic (exact) mass is 534 g/mol. The standard InChI is InChI=1S/C25H31ClN4O3S2/c1-33-18-3-5-22-19(13-18)24(20(26)14-29-22)21(27)4-2-16-6-8-30(15-17(16)12-23(31)32)9-11-35-25-28-7-10-34-25/h3,5,7,10,13-14,16-17,21H,2,4,6,8-9,11-12,15,27H2,1H3,(H,31,32). The van der Waals surface area contributed by atoms with E-state index in [2.05, 4.69) is 14.9 Å². The predicted octanol–water partition coefficient (Wildman–Crippen LogP) is 5.34. The molecule has 1 aliphatic heterocycles. The predicted molar refractivity (Wildman–Crippen MR) is 143 cm³/mol. The van der Waals surface area contributed by atoms with E-state index in [-0.39, 0.29) is 18.4 Å². The van der Waals surface area contributed by atoms with Crippen LogP contribution in [0.25, 0.3) is 10.9 Å². The molecule has 10 heteroatoms. The van der Waals surface area contributed by atoms with E-state index < -0.39 is 5.97 Å². The molecule has 0 aliphatic carbocycles. The number of methoxy groups -OCH3 is 1. The highest BCUT2D eigenvalue weighted by Crippen LogP contribution is 2.36. The van der Waals surface area contributed by atoms with Crippen molar-refractivity contribution in [1.29, 1.82) is 0 Å². The van der Waals surface area contributed by atoms with Gasteiger partial charge in [0.1, 0.15) is 10.1 Å². The Kier molecular flexibility index (Phi) is 9.24. The maximum absolute atomic E-state index is 11.6. The van der Waals surface area contributed by atoms with E-state index in [1.807, 2.05) is 29.8 Å². The lowest BCUT2D eigenvalue weighted by Crippen LogP contribution is -2.42. The summed E-state index contributed by atoms with van der Waals surface area (Å²) in [5.41, 5.74) is 8.37. The topological polar surface area (TPSA) is 102 Å². The highest BCUT2D eigenvalue weighted by atomic mass is 35.5. The van der Waals surface area contributed by atoms with Gasteiger partial charge in [-0.25, -0.2) is 4.98 Å². The second-order valence-electron chi connectivity index (χ2n) is 8.94. The number of aromatic nitrogens is 2. The van der Waals surface area contributed by atoms with Crippen LogP contribution in [0, 0.1) is 11.8 Å². The third kappa shape index (κ3) is 6.86. The number of fused-ring (bicyclic) bond motifs is 1. The molecule has 0 spiro atoms.